The molecule has 4 rings (SSSR count). The molecule has 0 bridgehead atoms. The van der Waals surface area contributed by atoms with E-state index in [0.29, 0.717) is 12.1 Å². The quantitative estimate of drug-likeness (QED) is 0.525. The fourth-order valence-corrected chi connectivity index (χ4v) is 4.08. The van der Waals surface area contributed by atoms with Crippen molar-refractivity contribution in [2.24, 2.45) is 5.73 Å². The largest absolute Gasteiger partial charge is 0.449 e. The molecule has 0 aliphatic heterocycles. The van der Waals surface area contributed by atoms with E-state index < -0.39 is 12.1 Å². The first-order valence-corrected chi connectivity index (χ1v) is 10.8. The Morgan fingerprint density at radius 1 is 0.938 bits per heavy atom. The van der Waals surface area contributed by atoms with Crippen molar-refractivity contribution in [2.45, 2.75) is 25.3 Å². The van der Waals surface area contributed by atoms with Gasteiger partial charge in [-0.2, -0.15) is 0 Å². The molecule has 1 aliphatic rings. The van der Waals surface area contributed by atoms with Crippen molar-refractivity contribution >= 4 is 17.7 Å². The van der Waals surface area contributed by atoms with Gasteiger partial charge in [0.05, 0.1) is 0 Å². The van der Waals surface area contributed by atoms with E-state index in [9.17, 15) is 9.59 Å². The number of nitrogens with two attached hydrogens (primary N) is 1. The minimum absolute atomic E-state index is 0.0394. The molecule has 3 aromatic carbocycles. The maximum absolute atomic E-state index is 12.7. The lowest BCUT2D eigenvalue weighted by Gasteiger charge is -2.19. The highest BCUT2D eigenvalue weighted by molar-refractivity contribution is 5.96. The second-order valence-corrected chi connectivity index (χ2v) is 7.96. The minimum atomic E-state index is -0.781. The molecule has 3 aromatic rings. The predicted molar refractivity (Wildman–Crippen MR) is 125 cm³/mol. The lowest BCUT2D eigenvalue weighted by molar-refractivity contribution is -0.118. The van der Waals surface area contributed by atoms with Crippen LogP contribution in [0.2, 0.25) is 0 Å². The highest BCUT2D eigenvalue weighted by Crippen LogP contribution is 2.44. The van der Waals surface area contributed by atoms with Crippen LogP contribution in [0.25, 0.3) is 11.1 Å². The average molecular weight is 430 g/mol. The number of amides is 2. The number of ether oxygens (including phenoxy) is 1. The van der Waals surface area contributed by atoms with E-state index in [1.54, 1.807) is 0 Å². The van der Waals surface area contributed by atoms with Crippen LogP contribution in [0.4, 0.5) is 10.5 Å². The number of anilines is 1. The monoisotopic (exact) mass is 429 g/mol. The number of hydrogen-bond acceptors (Lipinski definition) is 4. The fourth-order valence-electron chi connectivity index (χ4n) is 4.08. The summed E-state index contributed by atoms with van der Waals surface area (Å²) >= 11 is 0. The number of aryl methyl sites for hydroxylation is 1. The third kappa shape index (κ3) is 4.65. The van der Waals surface area contributed by atoms with E-state index in [1.165, 1.54) is 0 Å². The van der Waals surface area contributed by atoms with Crippen LogP contribution in [0.3, 0.4) is 0 Å². The van der Waals surface area contributed by atoms with Crippen LogP contribution in [0.1, 0.15) is 29.0 Å². The van der Waals surface area contributed by atoms with E-state index in [4.69, 9.17) is 10.5 Å². The third-order valence-corrected chi connectivity index (χ3v) is 5.73. The zero-order valence-corrected chi connectivity index (χ0v) is 18.0. The molecule has 0 heterocycles. The molecule has 6 nitrogen and oxygen atoms in total. The molecule has 6 heteroatoms. The summed E-state index contributed by atoms with van der Waals surface area (Å²) < 4.78 is 5.56. The Labute approximate surface area is 187 Å². The Bertz CT molecular complexity index is 1070. The van der Waals surface area contributed by atoms with Gasteiger partial charge in [-0.05, 0) is 54.3 Å². The SMILES string of the molecule is Cc1ccc(NC(=O)[C@H](CCN)NC(=O)OCC2c3ccccc3-c3ccccc32)cc1. The molecule has 0 spiro atoms. The van der Waals surface area contributed by atoms with Crippen LogP contribution in [-0.2, 0) is 9.53 Å². The second kappa shape index (κ2) is 9.66. The number of fused-ring (bicyclic) bond motifs is 3. The topological polar surface area (TPSA) is 93.5 Å². The first-order valence-electron chi connectivity index (χ1n) is 10.8. The number of nitrogens with one attached hydrogen (secondary N) is 2. The molecule has 164 valence electrons. The van der Waals surface area contributed by atoms with Gasteiger partial charge < -0.3 is 21.1 Å². The summed E-state index contributed by atoms with van der Waals surface area (Å²) in [4.78, 5) is 25.2. The minimum Gasteiger partial charge on any atom is -0.449 e. The van der Waals surface area contributed by atoms with Gasteiger partial charge in [0.15, 0.2) is 0 Å². The summed E-state index contributed by atoms with van der Waals surface area (Å²) in [6.45, 7) is 2.42. The second-order valence-electron chi connectivity index (χ2n) is 7.96. The molecule has 0 aromatic heterocycles. The Morgan fingerprint density at radius 3 is 2.12 bits per heavy atom. The first-order chi connectivity index (χ1) is 15.6. The Morgan fingerprint density at radius 2 is 1.53 bits per heavy atom. The third-order valence-electron chi connectivity index (χ3n) is 5.73. The van der Waals surface area contributed by atoms with Gasteiger partial charge in [0.1, 0.15) is 12.6 Å². The average Bonchev–Trinajstić information content (AvgIpc) is 3.13. The lowest BCUT2D eigenvalue weighted by atomic mass is 9.98. The number of carbonyl (C=O) groups excluding carboxylic acids is 2. The van der Waals surface area contributed by atoms with Crippen molar-refractivity contribution in [1.29, 1.82) is 0 Å². The van der Waals surface area contributed by atoms with Gasteiger partial charge in [0, 0.05) is 11.6 Å². The Hall–Kier alpha value is -3.64. The van der Waals surface area contributed by atoms with Gasteiger partial charge in [-0.15, -0.1) is 0 Å². The summed E-state index contributed by atoms with van der Waals surface area (Å²) in [6.07, 6.45) is -0.327. The lowest BCUT2D eigenvalue weighted by Crippen LogP contribution is -2.45. The Balaban J connectivity index is 1.40. The molecule has 1 aliphatic carbocycles. The molecular formula is C26H27N3O3. The molecule has 0 fully saturated rings. The van der Waals surface area contributed by atoms with Crippen LogP contribution >= 0.6 is 0 Å². The summed E-state index contributed by atoms with van der Waals surface area (Å²) in [5.74, 6) is -0.365. The van der Waals surface area contributed by atoms with Gasteiger partial charge in [0.2, 0.25) is 5.91 Å². The molecule has 2 amide bonds. The van der Waals surface area contributed by atoms with Crippen molar-refractivity contribution in [3.8, 4) is 11.1 Å². The van der Waals surface area contributed by atoms with Crippen LogP contribution in [-0.4, -0.2) is 31.2 Å². The number of hydrogen-bond donors (Lipinski definition) is 3. The highest BCUT2D eigenvalue weighted by Gasteiger charge is 2.29. The molecule has 0 radical (unpaired) electrons. The molecule has 32 heavy (non-hydrogen) atoms. The summed E-state index contributed by atoms with van der Waals surface area (Å²) in [6, 6.07) is 23.0. The van der Waals surface area contributed by atoms with Crippen molar-refractivity contribution < 1.29 is 14.3 Å². The van der Waals surface area contributed by atoms with Crippen molar-refractivity contribution in [2.75, 3.05) is 18.5 Å². The van der Waals surface area contributed by atoms with Crippen molar-refractivity contribution in [1.82, 2.24) is 5.32 Å². The smallest absolute Gasteiger partial charge is 0.407 e. The van der Waals surface area contributed by atoms with Gasteiger partial charge in [0.25, 0.3) is 0 Å². The van der Waals surface area contributed by atoms with Gasteiger partial charge in [-0.25, -0.2) is 4.79 Å². The summed E-state index contributed by atoms with van der Waals surface area (Å²) in [7, 11) is 0. The van der Waals surface area contributed by atoms with Crippen LogP contribution in [0.15, 0.2) is 72.8 Å². The van der Waals surface area contributed by atoms with E-state index in [-0.39, 0.29) is 25.0 Å². The normalized spacial score (nSPS) is 13.1. The molecule has 1 atom stereocenters. The van der Waals surface area contributed by atoms with Gasteiger partial charge in [-0.3, -0.25) is 4.79 Å². The maximum Gasteiger partial charge on any atom is 0.407 e. The molecule has 0 unspecified atom stereocenters. The van der Waals surface area contributed by atoms with E-state index >= 15 is 0 Å². The molecule has 0 saturated heterocycles. The zero-order valence-electron chi connectivity index (χ0n) is 18.0. The molecule has 0 saturated carbocycles. The van der Waals surface area contributed by atoms with E-state index in [1.807, 2.05) is 55.5 Å². The number of alkyl carbamates (subject to hydrolysis) is 1. The first kappa shape index (κ1) is 21.6. The van der Waals surface area contributed by atoms with Crippen LogP contribution in [0.5, 0.6) is 0 Å². The van der Waals surface area contributed by atoms with Crippen LogP contribution < -0.4 is 16.4 Å². The van der Waals surface area contributed by atoms with E-state index in [0.717, 1.165) is 27.8 Å². The zero-order chi connectivity index (χ0) is 22.5. The number of carbonyl (C=O) groups is 2. The number of rotatable bonds is 7. The standard InChI is InChI=1S/C26H27N3O3/c1-17-10-12-18(13-11-17)28-25(30)24(14-15-27)29-26(31)32-16-23-21-8-4-2-6-19(21)20-7-3-5-9-22(20)23/h2-13,23-24H,14-16,27H2,1H3,(H,28,30)(H,29,31)/t24-/m0/s1. The predicted octanol–water partition coefficient (Wildman–Crippen LogP) is 4.19. The van der Waals surface area contributed by atoms with Crippen molar-refractivity contribution in [3.63, 3.8) is 0 Å². The maximum atomic E-state index is 12.7. The molecule has 4 N–H and O–H groups in total. The number of benzene rings is 3. The van der Waals surface area contributed by atoms with Crippen LogP contribution in [0, 0.1) is 6.92 Å². The van der Waals surface area contributed by atoms with E-state index in [2.05, 4.69) is 34.9 Å². The highest BCUT2D eigenvalue weighted by atomic mass is 16.5. The Kier molecular flexibility index (Phi) is 6.52. The summed E-state index contributed by atoms with van der Waals surface area (Å²) in [5.41, 5.74) is 12.0. The van der Waals surface area contributed by atoms with Gasteiger partial charge in [-0.1, -0.05) is 66.2 Å². The van der Waals surface area contributed by atoms with Gasteiger partial charge >= 0.3 is 6.09 Å². The molecular weight excluding hydrogens is 402 g/mol. The summed E-state index contributed by atoms with van der Waals surface area (Å²) in [5, 5.41) is 5.49. The fraction of sp³-hybridized carbons (Fsp3) is 0.231. The van der Waals surface area contributed by atoms with Crippen molar-refractivity contribution in [3.05, 3.63) is 89.5 Å².